The van der Waals surface area contributed by atoms with Crippen LogP contribution in [0.4, 0.5) is 34.1 Å². The Morgan fingerprint density at radius 1 is 0.746 bits per heavy atom. The number of urea groups is 2. The SMILES string of the molecule is CC(C)c1cc(Cl)cc(C(C)CCC(C)c2cccc(C(C)C)c2NC(=O)NS(=O)(=O)C2CCCN(CC(F)(F)F)C2=O)c1NC(=O)NS(=O)(=O)C1CCCN(C)C1=O. The standard InChI is InChI=1S/C39H54ClF3N6O8S2/c1-22(2)27-11-8-12-28(33(27)44-37(52)47-59(56,57)32-14-10-18-49(36(32)51)21-39(41,42)43)24(5)15-16-25(6)30-20-26(40)19-29(23(3)4)34(30)45-38(53)46-58(54,55)31-13-9-17-48(7)35(31)50/h8,11-12,19-20,22-25,31-32H,9-10,13-18,21H2,1-7H3,(H2,44,47,52)(H2,45,46,53). The largest absolute Gasteiger partial charge is 0.406 e. The number of likely N-dealkylation sites (tertiary alicyclic amines) is 2. The van der Waals surface area contributed by atoms with Gasteiger partial charge in [0.25, 0.3) is 0 Å². The third-order valence-corrected chi connectivity index (χ3v) is 14.3. The Balaban J connectivity index is 1.54. The van der Waals surface area contributed by atoms with Crippen molar-refractivity contribution < 1.29 is 49.2 Å². The van der Waals surface area contributed by atoms with E-state index in [0.717, 1.165) is 0 Å². The smallest absolute Gasteiger partial charge is 0.345 e. The zero-order valence-electron chi connectivity index (χ0n) is 34.2. The minimum atomic E-state index is -4.72. The van der Waals surface area contributed by atoms with E-state index in [9.17, 15) is 49.2 Å². The summed E-state index contributed by atoms with van der Waals surface area (Å²) in [7, 11) is -7.58. The van der Waals surface area contributed by atoms with E-state index < -0.39 is 67.1 Å². The third-order valence-electron chi connectivity index (χ3n) is 10.8. The first-order valence-electron chi connectivity index (χ1n) is 19.5. The van der Waals surface area contributed by atoms with Crippen LogP contribution in [-0.2, 0) is 29.6 Å². The summed E-state index contributed by atoms with van der Waals surface area (Å²) in [5.74, 6) is -2.61. The van der Waals surface area contributed by atoms with Crippen LogP contribution >= 0.6 is 11.6 Å². The Bertz CT molecular complexity index is 2140. The Morgan fingerprint density at radius 2 is 1.20 bits per heavy atom. The molecule has 20 heteroatoms. The maximum atomic E-state index is 13.3. The van der Waals surface area contributed by atoms with E-state index >= 15 is 0 Å². The van der Waals surface area contributed by atoms with Crippen molar-refractivity contribution in [2.75, 3.05) is 37.3 Å². The molecule has 2 heterocycles. The number of amides is 6. The minimum Gasteiger partial charge on any atom is -0.345 e. The number of para-hydroxylation sites is 1. The number of halogens is 4. The highest BCUT2D eigenvalue weighted by atomic mass is 35.5. The lowest BCUT2D eigenvalue weighted by Gasteiger charge is -2.32. The lowest BCUT2D eigenvalue weighted by molar-refractivity contribution is -0.163. The summed E-state index contributed by atoms with van der Waals surface area (Å²) in [5, 5.41) is 2.51. The van der Waals surface area contributed by atoms with Crippen molar-refractivity contribution >= 4 is 66.9 Å². The van der Waals surface area contributed by atoms with E-state index in [1.165, 1.54) is 11.9 Å². The van der Waals surface area contributed by atoms with Crippen LogP contribution in [0.15, 0.2) is 30.3 Å². The number of hydrogen-bond acceptors (Lipinski definition) is 8. The Morgan fingerprint density at radius 3 is 1.73 bits per heavy atom. The molecule has 0 aromatic heterocycles. The molecule has 4 N–H and O–H groups in total. The first-order chi connectivity index (χ1) is 27.3. The second-order valence-corrected chi connectivity index (χ2v) is 20.2. The van der Waals surface area contributed by atoms with E-state index in [2.05, 4.69) is 10.6 Å². The lowest BCUT2D eigenvalue weighted by Crippen LogP contribution is -2.54. The van der Waals surface area contributed by atoms with Crippen LogP contribution in [0.3, 0.4) is 0 Å². The van der Waals surface area contributed by atoms with Crippen molar-refractivity contribution in [3.05, 3.63) is 57.6 Å². The number of piperidine rings is 2. The fourth-order valence-electron chi connectivity index (χ4n) is 7.60. The van der Waals surface area contributed by atoms with Crippen LogP contribution in [-0.4, -0.2) is 93.9 Å². The summed E-state index contributed by atoms with van der Waals surface area (Å²) >= 11 is 6.57. The zero-order chi connectivity index (χ0) is 44.2. The maximum Gasteiger partial charge on any atom is 0.406 e. The van der Waals surface area contributed by atoms with Crippen molar-refractivity contribution in [2.45, 2.75) is 120 Å². The molecule has 4 atom stereocenters. The molecule has 0 saturated carbocycles. The van der Waals surface area contributed by atoms with Gasteiger partial charge in [-0.15, -0.1) is 0 Å². The van der Waals surface area contributed by atoms with Gasteiger partial charge in [-0.2, -0.15) is 13.2 Å². The van der Waals surface area contributed by atoms with Gasteiger partial charge in [-0.25, -0.2) is 35.9 Å². The number of anilines is 2. The van der Waals surface area contributed by atoms with Crippen LogP contribution in [0.2, 0.25) is 5.02 Å². The number of nitrogens with one attached hydrogen (secondary N) is 4. The summed E-state index contributed by atoms with van der Waals surface area (Å²) in [6, 6.07) is 6.56. The van der Waals surface area contributed by atoms with Crippen LogP contribution < -0.4 is 20.1 Å². The Kier molecular flexibility index (Phi) is 15.4. The minimum absolute atomic E-state index is 0.00645. The molecular weight excluding hydrogens is 837 g/mol. The van der Waals surface area contributed by atoms with Crippen molar-refractivity contribution in [3.63, 3.8) is 0 Å². The van der Waals surface area contributed by atoms with E-state index in [-0.39, 0.29) is 49.5 Å². The van der Waals surface area contributed by atoms with Crippen molar-refractivity contribution in [3.8, 4) is 0 Å². The lowest BCUT2D eigenvalue weighted by atomic mass is 9.85. The highest BCUT2D eigenvalue weighted by Gasteiger charge is 2.43. The highest BCUT2D eigenvalue weighted by molar-refractivity contribution is 7.91. The molecule has 2 aliphatic rings. The monoisotopic (exact) mass is 890 g/mol. The molecule has 2 aliphatic heterocycles. The van der Waals surface area contributed by atoms with Gasteiger partial charge < -0.3 is 20.4 Å². The number of carbonyl (C=O) groups excluding carboxylic acids is 4. The molecule has 2 aromatic rings. The number of hydrogen-bond donors (Lipinski definition) is 4. The molecule has 328 valence electrons. The second-order valence-electron chi connectivity index (χ2n) is 16.1. The summed E-state index contributed by atoms with van der Waals surface area (Å²) in [6.45, 7) is 9.96. The molecule has 4 unspecified atom stereocenters. The van der Waals surface area contributed by atoms with E-state index in [1.807, 2.05) is 51.0 Å². The Hall–Kier alpha value is -4.10. The van der Waals surface area contributed by atoms with Crippen LogP contribution in [0.5, 0.6) is 0 Å². The van der Waals surface area contributed by atoms with Crippen LogP contribution in [0, 0.1) is 0 Å². The molecular formula is C39H54ClF3N6O8S2. The molecule has 0 aliphatic carbocycles. The molecule has 59 heavy (non-hydrogen) atoms. The van der Waals surface area contributed by atoms with Gasteiger partial charge in [-0.3, -0.25) is 9.59 Å². The first-order valence-corrected chi connectivity index (χ1v) is 23.0. The van der Waals surface area contributed by atoms with Gasteiger partial charge >= 0.3 is 18.2 Å². The fourth-order valence-corrected chi connectivity index (χ4v) is 10.6. The summed E-state index contributed by atoms with van der Waals surface area (Å²) in [5.41, 5.74) is 3.38. The molecule has 0 spiro atoms. The van der Waals surface area contributed by atoms with Gasteiger partial charge in [0.2, 0.25) is 31.9 Å². The molecule has 2 fully saturated rings. The van der Waals surface area contributed by atoms with Crippen LogP contribution in [0.25, 0.3) is 0 Å². The van der Waals surface area contributed by atoms with Gasteiger partial charge in [0.15, 0.2) is 10.5 Å². The maximum absolute atomic E-state index is 13.3. The number of carbonyl (C=O) groups is 4. The van der Waals surface area contributed by atoms with Gasteiger partial charge in [-0.1, -0.05) is 71.3 Å². The molecule has 0 bridgehead atoms. The quantitative estimate of drug-likeness (QED) is 0.151. The number of rotatable bonds is 14. The van der Waals surface area contributed by atoms with Gasteiger partial charge in [0, 0.05) is 36.5 Å². The molecule has 14 nitrogen and oxygen atoms in total. The molecule has 0 radical (unpaired) electrons. The number of nitrogens with zero attached hydrogens (tertiary/aromatic N) is 2. The summed E-state index contributed by atoms with van der Waals surface area (Å²) in [4.78, 5) is 53.8. The first kappa shape index (κ1) is 47.6. The highest BCUT2D eigenvalue weighted by Crippen LogP contribution is 2.40. The van der Waals surface area contributed by atoms with Gasteiger partial charge in [0.05, 0.1) is 0 Å². The summed E-state index contributed by atoms with van der Waals surface area (Å²) in [6.07, 6.45) is -3.40. The predicted octanol–water partition coefficient (Wildman–Crippen LogP) is 7.35. The van der Waals surface area contributed by atoms with Gasteiger partial charge in [0.1, 0.15) is 6.54 Å². The molecule has 2 saturated heterocycles. The topological polar surface area (TPSA) is 191 Å². The predicted molar refractivity (Wildman–Crippen MR) is 221 cm³/mol. The summed E-state index contributed by atoms with van der Waals surface area (Å²) < 4.78 is 95.8. The van der Waals surface area contributed by atoms with Gasteiger partial charge in [-0.05, 0) is 96.6 Å². The third kappa shape index (κ3) is 12.0. The van der Waals surface area contributed by atoms with E-state index in [4.69, 9.17) is 11.6 Å². The molecule has 4 rings (SSSR count). The average Bonchev–Trinajstić information content (AvgIpc) is 3.11. The molecule has 6 amide bonds. The zero-order valence-corrected chi connectivity index (χ0v) is 36.6. The fraction of sp³-hybridized carbons (Fsp3) is 0.590. The average molecular weight is 891 g/mol. The second kappa shape index (κ2) is 19.1. The van der Waals surface area contributed by atoms with Crippen molar-refractivity contribution in [1.82, 2.24) is 19.2 Å². The number of alkyl halides is 3. The molecule has 2 aromatic carbocycles. The van der Waals surface area contributed by atoms with Crippen LogP contribution in [0.1, 0.15) is 126 Å². The van der Waals surface area contributed by atoms with E-state index in [1.54, 1.807) is 30.3 Å². The van der Waals surface area contributed by atoms with Crippen molar-refractivity contribution in [1.29, 1.82) is 0 Å². The number of benzene rings is 2. The van der Waals surface area contributed by atoms with Crippen molar-refractivity contribution in [2.24, 2.45) is 0 Å². The number of sulfonamides is 2. The normalized spacial score (nSPS) is 19.1. The van der Waals surface area contributed by atoms with E-state index in [0.29, 0.717) is 69.4 Å². The Labute approximate surface area is 349 Å².